The zero-order valence-electron chi connectivity index (χ0n) is 11.1. The fraction of sp³-hybridized carbons (Fsp3) is 0.923. The summed E-state index contributed by atoms with van der Waals surface area (Å²) in [7, 11) is -3.02. The first-order valence-electron chi connectivity index (χ1n) is 6.91. The van der Waals surface area contributed by atoms with Crippen molar-refractivity contribution in [2.45, 2.75) is 38.5 Å². The van der Waals surface area contributed by atoms with Crippen molar-refractivity contribution >= 4 is 15.7 Å². The van der Waals surface area contributed by atoms with Gasteiger partial charge in [0.15, 0.2) is 0 Å². The molecule has 2 fully saturated rings. The van der Waals surface area contributed by atoms with E-state index in [0.29, 0.717) is 5.92 Å². The lowest BCUT2D eigenvalue weighted by molar-refractivity contribution is -0.138. The number of amides is 1. The fourth-order valence-electron chi connectivity index (χ4n) is 3.05. The monoisotopic (exact) mass is 273 g/mol. The number of rotatable bonds is 4. The molecule has 0 N–H and O–H groups in total. The van der Waals surface area contributed by atoms with Gasteiger partial charge in [0, 0.05) is 25.8 Å². The molecule has 104 valence electrons. The van der Waals surface area contributed by atoms with E-state index in [2.05, 4.69) is 0 Å². The van der Waals surface area contributed by atoms with E-state index >= 15 is 0 Å². The van der Waals surface area contributed by atoms with Gasteiger partial charge in [-0.3, -0.25) is 4.79 Å². The van der Waals surface area contributed by atoms with Crippen LogP contribution in [0.1, 0.15) is 38.5 Å². The molecule has 0 aromatic rings. The molecule has 2 rings (SSSR count). The van der Waals surface area contributed by atoms with Gasteiger partial charge in [-0.15, -0.1) is 0 Å². The van der Waals surface area contributed by atoms with Crippen molar-refractivity contribution in [3.05, 3.63) is 0 Å². The molecule has 1 aliphatic heterocycles. The predicted molar refractivity (Wildman–Crippen MR) is 71.0 cm³/mol. The van der Waals surface area contributed by atoms with Crippen molar-refractivity contribution in [2.75, 3.05) is 25.1 Å². The van der Waals surface area contributed by atoms with Crippen molar-refractivity contribution < 1.29 is 13.2 Å². The second-order valence-corrected chi connectivity index (χ2v) is 8.10. The second kappa shape index (κ2) is 5.59. The Kier molecular flexibility index (Phi) is 4.30. The molecule has 0 aromatic heterocycles. The Balaban J connectivity index is 1.70. The van der Waals surface area contributed by atoms with Crippen molar-refractivity contribution in [3.8, 4) is 0 Å². The lowest BCUT2D eigenvalue weighted by atomic mass is 9.76. The lowest BCUT2D eigenvalue weighted by Crippen LogP contribution is -2.53. The normalized spacial score (nSPS) is 22.8. The maximum absolute atomic E-state index is 11.8. The maximum Gasteiger partial charge on any atom is 0.223 e. The summed E-state index contributed by atoms with van der Waals surface area (Å²) < 4.78 is 22.0. The minimum absolute atomic E-state index is 0.00693. The van der Waals surface area contributed by atoms with Crippen molar-refractivity contribution in [1.29, 1.82) is 0 Å². The average Bonchev–Trinajstić information content (AvgIpc) is 2.25. The summed E-state index contributed by atoms with van der Waals surface area (Å²) in [5.74, 6) is 1.47. The Morgan fingerprint density at radius 2 is 1.72 bits per heavy atom. The third kappa shape index (κ3) is 3.70. The van der Waals surface area contributed by atoms with Gasteiger partial charge in [-0.25, -0.2) is 8.42 Å². The number of sulfone groups is 1. The summed E-state index contributed by atoms with van der Waals surface area (Å²) in [6.07, 6.45) is 8.00. The van der Waals surface area contributed by atoms with E-state index in [-0.39, 0.29) is 18.1 Å². The molecule has 2 aliphatic rings. The van der Waals surface area contributed by atoms with Gasteiger partial charge in [-0.2, -0.15) is 0 Å². The topological polar surface area (TPSA) is 54.5 Å². The predicted octanol–water partition coefficient (Wildman–Crippen LogP) is 1.46. The van der Waals surface area contributed by atoms with Crippen LogP contribution in [0.25, 0.3) is 0 Å². The van der Waals surface area contributed by atoms with Gasteiger partial charge in [0.2, 0.25) is 5.91 Å². The van der Waals surface area contributed by atoms with Crippen LogP contribution in [0.5, 0.6) is 0 Å². The van der Waals surface area contributed by atoms with Gasteiger partial charge in [0.25, 0.3) is 0 Å². The third-order valence-corrected chi connectivity index (χ3v) is 5.21. The highest BCUT2D eigenvalue weighted by atomic mass is 32.2. The molecular weight excluding hydrogens is 250 g/mol. The summed E-state index contributed by atoms with van der Waals surface area (Å²) in [5, 5.41) is 0. The van der Waals surface area contributed by atoms with Gasteiger partial charge in [0.05, 0.1) is 5.75 Å². The minimum atomic E-state index is -3.02. The molecule has 1 saturated carbocycles. The molecule has 0 atom stereocenters. The molecule has 1 aliphatic carbocycles. The molecule has 0 bridgehead atoms. The Morgan fingerprint density at radius 1 is 1.11 bits per heavy atom. The molecule has 1 heterocycles. The van der Waals surface area contributed by atoms with Crippen LogP contribution in [0.2, 0.25) is 0 Å². The second-order valence-electron chi connectivity index (χ2n) is 5.84. The number of carbonyl (C=O) groups is 1. The summed E-state index contributed by atoms with van der Waals surface area (Å²) >= 11 is 0. The Labute approximate surface area is 110 Å². The lowest BCUT2D eigenvalue weighted by Gasteiger charge is -2.44. The molecule has 18 heavy (non-hydrogen) atoms. The highest BCUT2D eigenvalue weighted by Gasteiger charge is 2.36. The summed E-state index contributed by atoms with van der Waals surface area (Å²) in [6, 6.07) is 0. The largest absolute Gasteiger partial charge is 0.342 e. The first-order valence-corrected chi connectivity index (χ1v) is 8.97. The van der Waals surface area contributed by atoms with Crippen LogP contribution >= 0.6 is 0 Å². The van der Waals surface area contributed by atoms with Crippen LogP contribution in [0, 0.1) is 11.8 Å². The van der Waals surface area contributed by atoms with E-state index in [1.165, 1.54) is 38.4 Å². The highest BCUT2D eigenvalue weighted by Crippen LogP contribution is 2.35. The number of nitrogens with zero attached hydrogens (tertiary/aromatic N) is 1. The van der Waals surface area contributed by atoms with Crippen LogP contribution in [-0.2, 0) is 14.6 Å². The molecule has 0 radical (unpaired) electrons. The molecule has 4 nitrogen and oxygen atoms in total. The molecule has 1 saturated heterocycles. The first-order chi connectivity index (χ1) is 8.46. The third-order valence-electron chi connectivity index (χ3n) is 4.27. The Bertz CT molecular complexity index is 392. The summed E-state index contributed by atoms with van der Waals surface area (Å²) in [6.45, 7) is 1.71. The SMILES string of the molecule is CS(=O)(=O)CCC(=O)N1CC(C2CCCCC2)C1. The Morgan fingerprint density at radius 3 is 2.28 bits per heavy atom. The minimum Gasteiger partial charge on any atom is -0.342 e. The van der Waals surface area contributed by atoms with Crippen molar-refractivity contribution in [1.82, 2.24) is 4.90 Å². The standard InChI is InChI=1S/C13H23NO3S/c1-18(16,17)8-7-13(15)14-9-12(10-14)11-5-3-2-4-6-11/h11-12H,2-10H2,1H3. The van der Waals surface area contributed by atoms with Crippen LogP contribution in [0.15, 0.2) is 0 Å². The quantitative estimate of drug-likeness (QED) is 0.779. The van der Waals surface area contributed by atoms with Crippen molar-refractivity contribution in [2.24, 2.45) is 11.8 Å². The molecule has 1 amide bonds. The number of hydrogen-bond donors (Lipinski definition) is 0. The van der Waals surface area contributed by atoms with Crippen LogP contribution < -0.4 is 0 Å². The number of likely N-dealkylation sites (tertiary alicyclic amines) is 1. The smallest absolute Gasteiger partial charge is 0.223 e. The van der Waals surface area contributed by atoms with E-state index < -0.39 is 9.84 Å². The van der Waals surface area contributed by atoms with E-state index in [0.717, 1.165) is 19.0 Å². The van der Waals surface area contributed by atoms with Gasteiger partial charge in [0.1, 0.15) is 9.84 Å². The van der Waals surface area contributed by atoms with Gasteiger partial charge < -0.3 is 4.90 Å². The molecule has 0 aromatic carbocycles. The average molecular weight is 273 g/mol. The highest BCUT2D eigenvalue weighted by molar-refractivity contribution is 7.90. The summed E-state index contributed by atoms with van der Waals surface area (Å²) in [5.41, 5.74) is 0. The molecule has 0 spiro atoms. The zero-order valence-corrected chi connectivity index (χ0v) is 11.9. The fourth-order valence-corrected chi connectivity index (χ4v) is 3.60. The van der Waals surface area contributed by atoms with Gasteiger partial charge >= 0.3 is 0 Å². The van der Waals surface area contributed by atoms with Crippen LogP contribution in [0.4, 0.5) is 0 Å². The van der Waals surface area contributed by atoms with E-state index in [9.17, 15) is 13.2 Å². The number of hydrogen-bond acceptors (Lipinski definition) is 3. The van der Waals surface area contributed by atoms with E-state index in [1.807, 2.05) is 4.90 Å². The summed E-state index contributed by atoms with van der Waals surface area (Å²) in [4.78, 5) is 13.6. The van der Waals surface area contributed by atoms with E-state index in [1.54, 1.807) is 0 Å². The van der Waals surface area contributed by atoms with E-state index in [4.69, 9.17) is 0 Å². The first kappa shape index (κ1) is 13.8. The van der Waals surface area contributed by atoms with Crippen LogP contribution in [-0.4, -0.2) is 44.3 Å². The van der Waals surface area contributed by atoms with Crippen LogP contribution in [0.3, 0.4) is 0 Å². The van der Waals surface area contributed by atoms with Crippen molar-refractivity contribution in [3.63, 3.8) is 0 Å². The van der Waals surface area contributed by atoms with Gasteiger partial charge in [-0.1, -0.05) is 32.1 Å². The Hall–Kier alpha value is -0.580. The zero-order chi connectivity index (χ0) is 13.2. The van der Waals surface area contributed by atoms with Gasteiger partial charge in [-0.05, 0) is 11.8 Å². The molecular formula is C13H23NO3S. The molecule has 5 heteroatoms. The maximum atomic E-state index is 11.8. The molecule has 0 unspecified atom stereocenters. The number of carbonyl (C=O) groups excluding carboxylic acids is 1.